The van der Waals surface area contributed by atoms with Crippen LogP contribution in [0.2, 0.25) is 0 Å². The Balaban J connectivity index is 2.26. The first-order valence-electron chi connectivity index (χ1n) is 4.84. The Hall–Kier alpha value is -2.22. The second kappa shape index (κ2) is 6.30. The van der Waals surface area contributed by atoms with Gasteiger partial charge in [-0.1, -0.05) is 0 Å². The summed E-state index contributed by atoms with van der Waals surface area (Å²) in [5.41, 5.74) is 6.14. The highest BCUT2D eigenvalue weighted by Gasteiger charge is 2.01. The molecule has 0 unspecified atom stereocenters. The number of carbonyl (C=O) groups is 1. The van der Waals surface area contributed by atoms with Gasteiger partial charge >= 0.3 is 0 Å². The molecule has 0 fully saturated rings. The monoisotopic (exact) mass is 219 g/mol. The number of anilines is 1. The Morgan fingerprint density at radius 2 is 2.12 bits per heavy atom. The SMILES string of the molecule is N#CCCNC(=O)COc1ccc(N)cc1. The molecule has 0 bridgehead atoms. The van der Waals surface area contributed by atoms with Gasteiger partial charge in [0, 0.05) is 12.2 Å². The van der Waals surface area contributed by atoms with Gasteiger partial charge in [0.1, 0.15) is 5.75 Å². The first kappa shape index (κ1) is 11.9. The van der Waals surface area contributed by atoms with Gasteiger partial charge in [-0.15, -0.1) is 0 Å². The molecule has 1 aromatic rings. The summed E-state index contributed by atoms with van der Waals surface area (Å²) in [6.45, 7) is 0.287. The van der Waals surface area contributed by atoms with E-state index in [1.807, 2.05) is 6.07 Å². The highest BCUT2D eigenvalue weighted by Crippen LogP contribution is 2.12. The van der Waals surface area contributed by atoms with Gasteiger partial charge in [-0.2, -0.15) is 5.26 Å². The van der Waals surface area contributed by atoms with Crippen molar-refractivity contribution in [3.8, 4) is 11.8 Å². The van der Waals surface area contributed by atoms with Gasteiger partial charge in [0.2, 0.25) is 0 Å². The minimum absolute atomic E-state index is 0.0602. The number of rotatable bonds is 5. The largest absolute Gasteiger partial charge is 0.484 e. The van der Waals surface area contributed by atoms with Crippen LogP contribution in [0, 0.1) is 11.3 Å². The average molecular weight is 219 g/mol. The molecule has 84 valence electrons. The number of hydrogen-bond donors (Lipinski definition) is 2. The van der Waals surface area contributed by atoms with Crippen molar-refractivity contribution >= 4 is 11.6 Å². The smallest absolute Gasteiger partial charge is 0.257 e. The van der Waals surface area contributed by atoms with Crippen molar-refractivity contribution in [2.24, 2.45) is 0 Å². The molecule has 5 nitrogen and oxygen atoms in total. The summed E-state index contributed by atoms with van der Waals surface area (Å²) in [4.78, 5) is 11.2. The number of nitriles is 1. The fraction of sp³-hybridized carbons (Fsp3) is 0.273. The lowest BCUT2D eigenvalue weighted by Crippen LogP contribution is -2.29. The molecule has 5 heteroatoms. The molecule has 0 atom stereocenters. The highest BCUT2D eigenvalue weighted by atomic mass is 16.5. The van der Waals surface area contributed by atoms with Crippen molar-refractivity contribution in [3.63, 3.8) is 0 Å². The van der Waals surface area contributed by atoms with Gasteiger partial charge < -0.3 is 15.8 Å². The second-order valence-electron chi connectivity index (χ2n) is 3.12. The standard InChI is InChI=1S/C11H13N3O2/c12-6-1-7-14-11(15)8-16-10-4-2-9(13)3-5-10/h2-5H,1,7-8,13H2,(H,14,15). The normalized spacial score (nSPS) is 9.19. The minimum Gasteiger partial charge on any atom is -0.484 e. The van der Waals surface area contributed by atoms with Crippen molar-refractivity contribution in [1.29, 1.82) is 5.26 Å². The molecule has 0 aliphatic carbocycles. The molecule has 1 rings (SSSR count). The number of carbonyl (C=O) groups excluding carboxylic acids is 1. The molecule has 3 N–H and O–H groups in total. The molecule has 0 aliphatic heterocycles. The average Bonchev–Trinajstić information content (AvgIpc) is 2.29. The van der Waals surface area contributed by atoms with Crippen LogP contribution in [-0.4, -0.2) is 19.1 Å². The number of nitrogens with one attached hydrogen (secondary N) is 1. The third-order valence-corrected chi connectivity index (χ3v) is 1.81. The van der Waals surface area contributed by atoms with Gasteiger partial charge in [-0.05, 0) is 24.3 Å². The van der Waals surface area contributed by atoms with E-state index in [1.165, 1.54) is 0 Å². The summed E-state index contributed by atoms with van der Waals surface area (Å²) in [5, 5.41) is 10.8. The Kier molecular flexibility index (Phi) is 4.67. The number of nitrogens with zero attached hydrogens (tertiary/aromatic N) is 1. The van der Waals surface area contributed by atoms with E-state index in [-0.39, 0.29) is 12.5 Å². The van der Waals surface area contributed by atoms with Gasteiger partial charge in [0.15, 0.2) is 6.61 Å². The zero-order valence-electron chi connectivity index (χ0n) is 8.77. The van der Waals surface area contributed by atoms with Crippen LogP contribution in [0.25, 0.3) is 0 Å². The maximum atomic E-state index is 11.2. The Bertz CT molecular complexity index is 381. The summed E-state index contributed by atoms with van der Waals surface area (Å²) in [6.07, 6.45) is 0.299. The summed E-state index contributed by atoms with van der Waals surface area (Å²) in [7, 11) is 0. The van der Waals surface area contributed by atoms with Crippen LogP contribution in [0.1, 0.15) is 6.42 Å². The molecular formula is C11H13N3O2. The van der Waals surface area contributed by atoms with E-state index in [1.54, 1.807) is 24.3 Å². The van der Waals surface area contributed by atoms with Crippen molar-refractivity contribution in [2.45, 2.75) is 6.42 Å². The molecule has 0 saturated heterocycles. The van der Waals surface area contributed by atoms with Crippen molar-refractivity contribution in [3.05, 3.63) is 24.3 Å². The van der Waals surface area contributed by atoms with Crippen LogP contribution in [0.4, 0.5) is 5.69 Å². The lowest BCUT2D eigenvalue weighted by Gasteiger charge is -2.06. The second-order valence-corrected chi connectivity index (χ2v) is 3.12. The Morgan fingerprint density at radius 1 is 1.44 bits per heavy atom. The molecule has 0 aliphatic rings. The predicted octanol–water partition coefficient (Wildman–Crippen LogP) is 0.677. The zero-order chi connectivity index (χ0) is 11.8. The van der Waals surface area contributed by atoms with Crippen LogP contribution in [0.5, 0.6) is 5.75 Å². The molecule has 0 aromatic heterocycles. The number of amides is 1. The van der Waals surface area contributed by atoms with Crippen LogP contribution in [-0.2, 0) is 4.79 Å². The third kappa shape index (κ3) is 4.33. The predicted molar refractivity (Wildman–Crippen MR) is 59.6 cm³/mol. The highest BCUT2D eigenvalue weighted by molar-refractivity contribution is 5.77. The first-order chi connectivity index (χ1) is 7.72. The lowest BCUT2D eigenvalue weighted by molar-refractivity contribution is -0.123. The van der Waals surface area contributed by atoms with Gasteiger partial charge in [-0.3, -0.25) is 4.79 Å². The maximum absolute atomic E-state index is 11.2. The maximum Gasteiger partial charge on any atom is 0.257 e. The van der Waals surface area contributed by atoms with Crippen LogP contribution < -0.4 is 15.8 Å². The number of nitrogen functional groups attached to an aromatic ring is 1. The van der Waals surface area contributed by atoms with E-state index in [9.17, 15) is 4.79 Å². The number of nitrogens with two attached hydrogens (primary N) is 1. The minimum atomic E-state index is -0.243. The van der Waals surface area contributed by atoms with E-state index < -0.39 is 0 Å². The Labute approximate surface area is 93.8 Å². The molecule has 1 amide bonds. The van der Waals surface area contributed by atoms with Gasteiger partial charge in [0.05, 0.1) is 12.5 Å². The van der Waals surface area contributed by atoms with E-state index in [0.717, 1.165) is 0 Å². The molecular weight excluding hydrogens is 206 g/mol. The van der Waals surface area contributed by atoms with Gasteiger partial charge in [0.25, 0.3) is 5.91 Å². The summed E-state index contributed by atoms with van der Waals surface area (Å²) in [5.74, 6) is 0.344. The number of hydrogen-bond acceptors (Lipinski definition) is 4. The number of ether oxygens (including phenoxy) is 1. The topological polar surface area (TPSA) is 88.1 Å². The van der Waals surface area contributed by atoms with Gasteiger partial charge in [-0.25, -0.2) is 0 Å². The van der Waals surface area contributed by atoms with Crippen molar-refractivity contribution in [2.75, 3.05) is 18.9 Å². The molecule has 0 heterocycles. The van der Waals surface area contributed by atoms with E-state index in [0.29, 0.717) is 24.4 Å². The molecule has 0 saturated carbocycles. The van der Waals surface area contributed by atoms with Crippen LogP contribution in [0.15, 0.2) is 24.3 Å². The molecule has 16 heavy (non-hydrogen) atoms. The van der Waals surface area contributed by atoms with Crippen molar-refractivity contribution in [1.82, 2.24) is 5.32 Å². The van der Waals surface area contributed by atoms with E-state index >= 15 is 0 Å². The van der Waals surface area contributed by atoms with Crippen molar-refractivity contribution < 1.29 is 9.53 Å². The third-order valence-electron chi connectivity index (χ3n) is 1.81. The fourth-order valence-corrected chi connectivity index (χ4v) is 1.02. The first-order valence-corrected chi connectivity index (χ1v) is 4.84. The zero-order valence-corrected chi connectivity index (χ0v) is 8.77. The van der Waals surface area contributed by atoms with Crippen LogP contribution in [0.3, 0.4) is 0 Å². The van der Waals surface area contributed by atoms with E-state index in [2.05, 4.69) is 5.32 Å². The molecule has 0 radical (unpaired) electrons. The summed E-state index contributed by atoms with van der Waals surface area (Å²) >= 11 is 0. The molecule has 1 aromatic carbocycles. The lowest BCUT2D eigenvalue weighted by atomic mass is 10.3. The Morgan fingerprint density at radius 3 is 2.75 bits per heavy atom. The van der Waals surface area contributed by atoms with E-state index in [4.69, 9.17) is 15.7 Å². The number of benzene rings is 1. The fourth-order valence-electron chi connectivity index (χ4n) is 1.02. The molecule has 0 spiro atoms. The summed E-state index contributed by atoms with van der Waals surface area (Å²) < 4.78 is 5.20. The quantitative estimate of drug-likeness (QED) is 0.563. The summed E-state index contributed by atoms with van der Waals surface area (Å²) in [6, 6.07) is 8.71. The van der Waals surface area contributed by atoms with Crippen LogP contribution >= 0.6 is 0 Å².